The van der Waals surface area contributed by atoms with Crippen molar-refractivity contribution in [1.82, 2.24) is 0 Å². The van der Waals surface area contributed by atoms with Crippen LogP contribution in [0.3, 0.4) is 0 Å². The maximum atomic E-state index is 13.1. The zero-order chi connectivity index (χ0) is 10.0. The lowest BCUT2D eigenvalue weighted by Gasteiger charge is -2.12. The predicted octanol–water partition coefficient (Wildman–Crippen LogP) is 3.35. The largest absolute Gasteiger partial charge is 0.508 e. The second-order valence-corrected chi connectivity index (χ2v) is 3.47. The minimum absolute atomic E-state index is 0.202. The Balaban J connectivity index is 3.15. The highest BCUT2D eigenvalue weighted by molar-refractivity contribution is 5.38. The van der Waals surface area contributed by atoms with Gasteiger partial charge in [0.1, 0.15) is 11.6 Å². The van der Waals surface area contributed by atoms with Crippen molar-refractivity contribution in [2.45, 2.75) is 33.1 Å². The molecule has 0 aliphatic carbocycles. The minimum Gasteiger partial charge on any atom is -0.508 e. The third-order valence-corrected chi connectivity index (χ3v) is 2.45. The van der Waals surface area contributed by atoms with Crippen molar-refractivity contribution in [3.05, 3.63) is 29.1 Å². The van der Waals surface area contributed by atoms with Crippen molar-refractivity contribution < 1.29 is 9.50 Å². The van der Waals surface area contributed by atoms with Gasteiger partial charge in [0.15, 0.2) is 0 Å². The van der Waals surface area contributed by atoms with Gasteiger partial charge in [-0.25, -0.2) is 4.39 Å². The Labute approximate surface area is 78.2 Å². The van der Waals surface area contributed by atoms with E-state index in [4.69, 9.17) is 0 Å². The second kappa shape index (κ2) is 3.77. The third-order valence-electron chi connectivity index (χ3n) is 2.45. The molecule has 1 atom stereocenters. The molecule has 0 radical (unpaired) electrons. The monoisotopic (exact) mass is 182 g/mol. The Morgan fingerprint density at radius 2 is 2.08 bits per heavy atom. The molecule has 0 amide bonds. The van der Waals surface area contributed by atoms with E-state index in [0.29, 0.717) is 11.1 Å². The molecule has 13 heavy (non-hydrogen) atoms. The molecule has 0 aliphatic heterocycles. The van der Waals surface area contributed by atoms with Crippen LogP contribution in [-0.4, -0.2) is 5.11 Å². The number of phenols is 1. The summed E-state index contributed by atoms with van der Waals surface area (Å²) >= 11 is 0. The predicted molar refractivity (Wildman–Crippen MR) is 51.5 cm³/mol. The van der Waals surface area contributed by atoms with Gasteiger partial charge in [-0.05, 0) is 42.5 Å². The molecule has 1 unspecified atom stereocenters. The highest BCUT2D eigenvalue weighted by Gasteiger charge is 2.11. The molecule has 0 spiro atoms. The maximum Gasteiger partial charge on any atom is 0.126 e. The Hall–Kier alpha value is -1.05. The highest BCUT2D eigenvalue weighted by Crippen LogP contribution is 2.29. The summed E-state index contributed by atoms with van der Waals surface area (Å²) in [7, 11) is 0. The normalized spacial score (nSPS) is 12.9. The average Bonchev–Trinajstić information content (AvgIpc) is 2.10. The molecule has 1 rings (SSSR count). The van der Waals surface area contributed by atoms with Gasteiger partial charge >= 0.3 is 0 Å². The number of rotatable bonds is 2. The van der Waals surface area contributed by atoms with Crippen molar-refractivity contribution in [2.75, 3.05) is 0 Å². The average molecular weight is 182 g/mol. The van der Waals surface area contributed by atoms with Gasteiger partial charge in [0, 0.05) is 0 Å². The molecule has 0 bridgehead atoms. The van der Waals surface area contributed by atoms with Gasteiger partial charge in [0.2, 0.25) is 0 Å². The fourth-order valence-electron chi connectivity index (χ4n) is 1.30. The molecule has 0 saturated heterocycles. The Kier molecular flexibility index (Phi) is 2.91. The lowest BCUT2D eigenvalue weighted by atomic mass is 9.96. The van der Waals surface area contributed by atoms with Crippen molar-refractivity contribution in [2.24, 2.45) is 0 Å². The van der Waals surface area contributed by atoms with Crippen LogP contribution in [0.15, 0.2) is 12.1 Å². The van der Waals surface area contributed by atoms with Crippen molar-refractivity contribution in [1.29, 1.82) is 0 Å². The van der Waals surface area contributed by atoms with Crippen molar-refractivity contribution in [3.8, 4) is 5.75 Å². The summed E-state index contributed by atoms with van der Waals surface area (Å²) in [5.41, 5.74) is 1.19. The first-order valence-corrected chi connectivity index (χ1v) is 4.55. The van der Waals surface area contributed by atoms with E-state index in [9.17, 15) is 9.50 Å². The molecule has 0 heterocycles. The Morgan fingerprint density at radius 1 is 1.46 bits per heavy atom. The summed E-state index contributed by atoms with van der Waals surface area (Å²) in [6.07, 6.45) is 0.899. The molecule has 1 N–H and O–H groups in total. The van der Waals surface area contributed by atoms with Crippen LogP contribution >= 0.6 is 0 Å². The van der Waals surface area contributed by atoms with Crippen LogP contribution < -0.4 is 0 Å². The van der Waals surface area contributed by atoms with E-state index in [0.717, 1.165) is 6.42 Å². The lowest BCUT2D eigenvalue weighted by Crippen LogP contribution is -1.94. The fourth-order valence-corrected chi connectivity index (χ4v) is 1.30. The quantitative estimate of drug-likeness (QED) is 0.743. The maximum absolute atomic E-state index is 13.1. The molecule has 1 nitrogen and oxygen atoms in total. The third kappa shape index (κ3) is 2.00. The molecule has 1 aromatic carbocycles. The van der Waals surface area contributed by atoms with E-state index in [2.05, 4.69) is 0 Å². The van der Waals surface area contributed by atoms with Crippen LogP contribution in [0.5, 0.6) is 5.75 Å². The Morgan fingerprint density at radius 3 is 2.62 bits per heavy atom. The summed E-state index contributed by atoms with van der Waals surface area (Å²) in [5.74, 6) is 0.163. The van der Waals surface area contributed by atoms with Gasteiger partial charge in [0.25, 0.3) is 0 Å². The molecular formula is C11H15FO. The molecule has 2 heteroatoms. The second-order valence-electron chi connectivity index (χ2n) is 3.47. The number of hydrogen-bond donors (Lipinski definition) is 1. The molecule has 0 aromatic heterocycles. The van der Waals surface area contributed by atoms with Crippen LogP contribution in [0.1, 0.15) is 37.3 Å². The fraction of sp³-hybridized carbons (Fsp3) is 0.455. The van der Waals surface area contributed by atoms with E-state index in [1.165, 1.54) is 12.1 Å². The minimum atomic E-state index is -0.242. The first-order chi connectivity index (χ1) is 6.06. The highest BCUT2D eigenvalue weighted by atomic mass is 19.1. The summed E-state index contributed by atoms with van der Waals surface area (Å²) in [6.45, 7) is 5.64. The van der Waals surface area contributed by atoms with Crippen LogP contribution in [0.2, 0.25) is 0 Å². The van der Waals surface area contributed by atoms with Gasteiger partial charge in [-0.15, -0.1) is 0 Å². The molecule has 0 saturated carbocycles. The number of hydrogen-bond acceptors (Lipinski definition) is 1. The standard InChI is InChI=1S/C11H15FO/c1-4-7(2)9-6-10(12)8(3)5-11(9)13/h5-7,13H,4H2,1-3H3. The van der Waals surface area contributed by atoms with Gasteiger partial charge < -0.3 is 5.11 Å². The van der Waals surface area contributed by atoms with Crippen molar-refractivity contribution in [3.63, 3.8) is 0 Å². The summed E-state index contributed by atoms with van der Waals surface area (Å²) < 4.78 is 13.1. The summed E-state index contributed by atoms with van der Waals surface area (Å²) in [4.78, 5) is 0. The SMILES string of the molecule is CCC(C)c1cc(F)c(C)cc1O. The number of phenolic OH excluding ortho intramolecular Hbond substituents is 1. The molecular weight excluding hydrogens is 167 g/mol. The molecule has 72 valence electrons. The number of aryl methyl sites for hydroxylation is 1. The number of aromatic hydroxyl groups is 1. The van der Waals surface area contributed by atoms with E-state index < -0.39 is 0 Å². The Bertz CT molecular complexity index is 307. The van der Waals surface area contributed by atoms with Gasteiger partial charge in [0.05, 0.1) is 0 Å². The molecule has 0 fully saturated rings. The van der Waals surface area contributed by atoms with E-state index in [1.807, 2.05) is 13.8 Å². The zero-order valence-corrected chi connectivity index (χ0v) is 8.26. The van der Waals surface area contributed by atoms with Crippen LogP contribution in [0, 0.1) is 12.7 Å². The van der Waals surface area contributed by atoms with E-state index in [-0.39, 0.29) is 17.5 Å². The van der Waals surface area contributed by atoms with E-state index >= 15 is 0 Å². The van der Waals surface area contributed by atoms with Gasteiger partial charge in [-0.3, -0.25) is 0 Å². The first-order valence-electron chi connectivity index (χ1n) is 4.55. The van der Waals surface area contributed by atoms with Crippen molar-refractivity contribution >= 4 is 0 Å². The van der Waals surface area contributed by atoms with E-state index in [1.54, 1.807) is 6.92 Å². The molecule has 1 aromatic rings. The summed E-state index contributed by atoms with van der Waals surface area (Å²) in [5, 5.41) is 9.55. The number of halogens is 1. The summed E-state index contributed by atoms with van der Waals surface area (Å²) in [6, 6.07) is 2.91. The van der Waals surface area contributed by atoms with Crippen LogP contribution in [0.25, 0.3) is 0 Å². The number of benzene rings is 1. The van der Waals surface area contributed by atoms with Crippen LogP contribution in [0.4, 0.5) is 4.39 Å². The van der Waals surface area contributed by atoms with Crippen LogP contribution in [-0.2, 0) is 0 Å². The first kappa shape index (κ1) is 10.0. The smallest absolute Gasteiger partial charge is 0.126 e. The van der Waals surface area contributed by atoms with Gasteiger partial charge in [-0.1, -0.05) is 13.8 Å². The zero-order valence-electron chi connectivity index (χ0n) is 8.26. The molecule has 0 aliphatic rings. The topological polar surface area (TPSA) is 20.2 Å². The lowest BCUT2D eigenvalue weighted by molar-refractivity contribution is 0.458. The van der Waals surface area contributed by atoms with Gasteiger partial charge in [-0.2, -0.15) is 0 Å².